The van der Waals surface area contributed by atoms with E-state index in [9.17, 15) is 0 Å². The number of para-hydroxylation sites is 3. The lowest BCUT2D eigenvalue weighted by molar-refractivity contribution is 0.660. The molecule has 0 N–H and O–H groups in total. The summed E-state index contributed by atoms with van der Waals surface area (Å²) in [4.78, 5) is 2.51. The molecule has 3 heteroatoms. The Kier molecular flexibility index (Phi) is 5.63. The van der Waals surface area contributed by atoms with Crippen LogP contribution in [0.2, 0.25) is 0 Å². The van der Waals surface area contributed by atoms with Crippen LogP contribution in [0.5, 0.6) is 0 Å². The number of nitrogens with zero attached hydrogens (tertiary/aromatic N) is 2. The van der Waals surface area contributed by atoms with Gasteiger partial charge in [-0.2, -0.15) is 0 Å². The van der Waals surface area contributed by atoms with Crippen LogP contribution < -0.4 is 4.90 Å². The molecule has 1 aliphatic rings. The molecule has 228 valence electrons. The fourth-order valence-corrected chi connectivity index (χ4v) is 8.30. The van der Waals surface area contributed by atoms with Crippen LogP contribution in [-0.4, -0.2) is 4.57 Å². The minimum atomic E-state index is -0.128. The van der Waals surface area contributed by atoms with Gasteiger partial charge in [-0.15, -0.1) is 0 Å². The van der Waals surface area contributed by atoms with Gasteiger partial charge in [-0.1, -0.05) is 117 Å². The molecule has 1 aliphatic carbocycles. The number of aromatic nitrogens is 1. The van der Waals surface area contributed by atoms with Gasteiger partial charge < -0.3 is 13.9 Å². The molecule has 48 heavy (non-hydrogen) atoms. The molecular weight excluding hydrogens is 585 g/mol. The maximum Gasteiger partial charge on any atom is 0.137 e. The molecule has 3 nitrogen and oxygen atoms in total. The Bertz CT molecular complexity index is 2710. The molecule has 0 saturated carbocycles. The van der Waals surface area contributed by atoms with E-state index in [1.54, 1.807) is 0 Å². The lowest BCUT2D eigenvalue weighted by Crippen LogP contribution is -2.16. The molecule has 0 bridgehead atoms. The summed E-state index contributed by atoms with van der Waals surface area (Å²) < 4.78 is 8.88. The number of hydrogen-bond donors (Lipinski definition) is 0. The van der Waals surface area contributed by atoms with Gasteiger partial charge in [0.2, 0.25) is 0 Å². The Morgan fingerprint density at radius 2 is 1.08 bits per heavy atom. The zero-order valence-corrected chi connectivity index (χ0v) is 26.8. The second-order valence-corrected chi connectivity index (χ2v) is 13.3. The Morgan fingerprint density at radius 1 is 0.479 bits per heavy atom. The van der Waals surface area contributed by atoms with Crippen LogP contribution >= 0.6 is 0 Å². The predicted molar refractivity (Wildman–Crippen MR) is 200 cm³/mol. The van der Waals surface area contributed by atoms with E-state index >= 15 is 0 Å². The first kappa shape index (κ1) is 27.1. The second-order valence-electron chi connectivity index (χ2n) is 13.3. The number of rotatable bonds is 4. The molecule has 0 spiro atoms. The summed E-state index contributed by atoms with van der Waals surface area (Å²) in [5, 5.41) is 4.65. The van der Waals surface area contributed by atoms with Gasteiger partial charge in [0.1, 0.15) is 11.2 Å². The van der Waals surface area contributed by atoms with Gasteiger partial charge in [-0.05, 0) is 71.3 Å². The standard InChI is InChI=1S/C45H32N2O/c1-45(2)33-20-9-6-17-30(33)42-34(45)21-12-23-36(42)47(39-26-14-28-41-44(39)32-19-8-11-27-40(32)48-41)38-25-13-24-37-43(38)31-18-7-10-22-35(31)46(37)29-15-4-3-5-16-29/h3-28H,1-2H3. The third kappa shape index (κ3) is 3.64. The first-order chi connectivity index (χ1) is 23.6. The van der Waals surface area contributed by atoms with E-state index < -0.39 is 0 Å². The van der Waals surface area contributed by atoms with Gasteiger partial charge >= 0.3 is 0 Å². The van der Waals surface area contributed by atoms with Crippen molar-refractivity contribution in [1.82, 2.24) is 4.57 Å². The van der Waals surface area contributed by atoms with E-state index in [-0.39, 0.29) is 5.41 Å². The molecule has 0 radical (unpaired) electrons. The van der Waals surface area contributed by atoms with Crippen LogP contribution in [-0.2, 0) is 5.41 Å². The zero-order valence-electron chi connectivity index (χ0n) is 26.8. The van der Waals surface area contributed by atoms with E-state index in [2.05, 4.69) is 175 Å². The highest BCUT2D eigenvalue weighted by atomic mass is 16.3. The van der Waals surface area contributed by atoms with Crippen molar-refractivity contribution in [3.63, 3.8) is 0 Å². The highest BCUT2D eigenvalue weighted by Crippen LogP contribution is 2.56. The zero-order chi connectivity index (χ0) is 32.0. The molecule has 2 aromatic heterocycles. The van der Waals surface area contributed by atoms with Crippen molar-refractivity contribution >= 4 is 60.8 Å². The number of fused-ring (bicyclic) bond motifs is 9. The molecule has 0 atom stereocenters. The van der Waals surface area contributed by atoms with Crippen molar-refractivity contribution in [2.75, 3.05) is 4.90 Å². The van der Waals surface area contributed by atoms with Gasteiger partial charge in [0.05, 0.1) is 33.5 Å². The van der Waals surface area contributed by atoms with E-state index in [0.29, 0.717) is 0 Å². The highest BCUT2D eigenvalue weighted by Gasteiger charge is 2.38. The summed E-state index contributed by atoms with van der Waals surface area (Å²) in [5.41, 5.74) is 13.8. The third-order valence-electron chi connectivity index (χ3n) is 10.4. The van der Waals surface area contributed by atoms with E-state index in [1.807, 2.05) is 6.07 Å². The monoisotopic (exact) mass is 616 g/mol. The SMILES string of the molecule is CC1(C)c2ccccc2-c2c(N(c3cccc4oc5ccccc5c34)c3cccc4c3c3ccccc3n4-c3ccccc3)cccc21. The number of anilines is 3. The number of hydrogen-bond acceptors (Lipinski definition) is 2. The maximum atomic E-state index is 6.49. The normalized spacial score (nSPS) is 13.4. The summed E-state index contributed by atoms with van der Waals surface area (Å²) >= 11 is 0. The van der Waals surface area contributed by atoms with Crippen LogP contribution in [0, 0.1) is 0 Å². The van der Waals surface area contributed by atoms with Crippen molar-refractivity contribution in [1.29, 1.82) is 0 Å². The molecule has 0 aliphatic heterocycles. The Morgan fingerprint density at radius 3 is 1.96 bits per heavy atom. The van der Waals surface area contributed by atoms with Crippen molar-refractivity contribution in [2.45, 2.75) is 19.3 Å². The van der Waals surface area contributed by atoms with E-state index in [4.69, 9.17) is 4.42 Å². The summed E-state index contributed by atoms with van der Waals surface area (Å²) in [7, 11) is 0. The summed E-state index contributed by atoms with van der Waals surface area (Å²) in [5.74, 6) is 0. The van der Waals surface area contributed by atoms with Crippen molar-refractivity contribution in [2.24, 2.45) is 0 Å². The van der Waals surface area contributed by atoms with Crippen LogP contribution in [0.4, 0.5) is 17.1 Å². The van der Waals surface area contributed by atoms with Gasteiger partial charge in [0, 0.05) is 32.8 Å². The minimum absolute atomic E-state index is 0.128. The average Bonchev–Trinajstić information content (AvgIpc) is 3.76. The molecule has 0 amide bonds. The van der Waals surface area contributed by atoms with E-state index in [1.165, 1.54) is 44.1 Å². The largest absolute Gasteiger partial charge is 0.456 e. The highest BCUT2D eigenvalue weighted by molar-refractivity contribution is 6.20. The molecule has 7 aromatic carbocycles. The van der Waals surface area contributed by atoms with Crippen LogP contribution in [0.3, 0.4) is 0 Å². The summed E-state index contributed by atoms with van der Waals surface area (Å²) in [6.45, 7) is 4.70. The molecule has 0 unspecified atom stereocenters. The average molecular weight is 617 g/mol. The Balaban J connectivity index is 1.38. The van der Waals surface area contributed by atoms with Gasteiger partial charge in [-0.25, -0.2) is 0 Å². The number of benzene rings is 7. The molecule has 2 heterocycles. The Hall–Kier alpha value is -6.06. The molecular formula is C45H32N2O. The van der Waals surface area contributed by atoms with E-state index in [0.717, 1.165) is 44.7 Å². The third-order valence-corrected chi connectivity index (χ3v) is 10.4. The van der Waals surface area contributed by atoms with Crippen molar-refractivity contribution in [3.05, 3.63) is 169 Å². The summed E-state index contributed by atoms with van der Waals surface area (Å²) in [6, 6.07) is 56.9. The fraction of sp³-hybridized carbons (Fsp3) is 0.0667. The van der Waals surface area contributed by atoms with Gasteiger partial charge in [0.15, 0.2) is 0 Å². The topological polar surface area (TPSA) is 21.3 Å². The Labute approximate surface area is 278 Å². The quantitative estimate of drug-likeness (QED) is 0.196. The minimum Gasteiger partial charge on any atom is -0.456 e. The van der Waals surface area contributed by atoms with Crippen molar-refractivity contribution in [3.8, 4) is 16.8 Å². The first-order valence-electron chi connectivity index (χ1n) is 16.6. The first-order valence-corrected chi connectivity index (χ1v) is 16.6. The lowest BCUT2D eigenvalue weighted by atomic mass is 9.82. The molecule has 0 saturated heterocycles. The number of furan rings is 1. The molecule has 10 rings (SSSR count). The fourth-order valence-electron chi connectivity index (χ4n) is 8.30. The van der Waals surface area contributed by atoms with Crippen LogP contribution in [0.15, 0.2) is 162 Å². The lowest BCUT2D eigenvalue weighted by Gasteiger charge is -2.30. The smallest absolute Gasteiger partial charge is 0.137 e. The second kappa shape index (κ2) is 9.97. The van der Waals surface area contributed by atoms with Gasteiger partial charge in [-0.3, -0.25) is 0 Å². The van der Waals surface area contributed by atoms with Gasteiger partial charge in [0.25, 0.3) is 0 Å². The summed E-state index contributed by atoms with van der Waals surface area (Å²) in [6.07, 6.45) is 0. The molecule has 0 fully saturated rings. The predicted octanol–water partition coefficient (Wildman–Crippen LogP) is 12.5. The van der Waals surface area contributed by atoms with Crippen molar-refractivity contribution < 1.29 is 4.42 Å². The molecule has 9 aromatic rings. The van der Waals surface area contributed by atoms with Crippen LogP contribution in [0.25, 0.3) is 60.6 Å². The van der Waals surface area contributed by atoms with Crippen LogP contribution in [0.1, 0.15) is 25.0 Å². The maximum absolute atomic E-state index is 6.49.